The van der Waals surface area contributed by atoms with Crippen LogP contribution < -0.4 is 0 Å². The number of benzene rings is 1. The molecule has 0 aromatic heterocycles. The molecule has 13 heavy (non-hydrogen) atoms. The van der Waals surface area contributed by atoms with Gasteiger partial charge in [0, 0.05) is 18.1 Å². The molecule has 1 aliphatic carbocycles. The van der Waals surface area contributed by atoms with Gasteiger partial charge >= 0.3 is 0 Å². The highest BCUT2D eigenvalue weighted by molar-refractivity contribution is 6.01. The van der Waals surface area contributed by atoms with Crippen molar-refractivity contribution in [2.45, 2.75) is 19.8 Å². The smallest absolute Gasteiger partial charge is 0.163 e. The van der Waals surface area contributed by atoms with Crippen molar-refractivity contribution in [2.24, 2.45) is 0 Å². The summed E-state index contributed by atoms with van der Waals surface area (Å²) in [6.07, 6.45) is 0.706. The summed E-state index contributed by atoms with van der Waals surface area (Å²) >= 11 is 0. The topological polar surface area (TPSA) is 17.1 Å². The lowest BCUT2D eigenvalue weighted by Gasteiger charge is -2.04. The molecule has 1 aromatic rings. The number of carbonyl (C=O) groups excluding carboxylic acids is 1. The maximum Gasteiger partial charge on any atom is 0.163 e. The first kappa shape index (κ1) is 8.35. The molecule has 0 atom stereocenters. The Morgan fingerprint density at radius 2 is 1.92 bits per heavy atom. The second-order valence-electron chi connectivity index (χ2n) is 3.24. The van der Waals surface area contributed by atoms with Crippen LogP contribution >= 0.6 is 0 Å². The van der Waals surface area contributed by atoms with Crippen molar-refractivity contribution >= 4 is 5.78 Å². The molecule has 0 fully saturated rings. The van der Waals surface area contributed by atoms with Crippen molar-refractivity contribution in [3.8, 4) is 0 Å². The van der Waals surface area contributed by atoms with Crippen molar-refractivity contribution in [2.75, 3.05) is 0 Å². The van der Waals surface area contributed by atoms with Crippen molar-refractivity contribution < 1.29 is 13.6 Å². The van der Waals surface area contributed by atoms with Crippen molar-refractivity contribution in [1.82, 2.24) is 0 Å². The Balaban J connectivity index is 2.77. The lowest BCUT2D eigenvalue weighted by molar-refractivity contribution is 0.0993. The minimum atomic E-state index is -0.633. The van der Waals surface area contributed by atoms with Gasteiger partial charge in [0.2, 0.25) is 0 Å². The maximum atomic E-state index is 13.1. The zero-order chi connectivity index (χ0) is 9.59. The lowest BCUT2D eigenvalue weighted by Crippen LogP contribution is -2.00. The van der Waals surface area contributed by atoms with Gasteiger partial charge in [-0.2, -0.15) is 0 Å². The summed E-state index contributed by atoms with van der Waals surface area (Å²) < 4.78 is 26.1. The molecule has 1 aromatic carbocycles. The van der Waals surface area contributed by atoms with Crippen molar-refractivity contribution in [3.63, 3.8) is 0 Å². The molecule has 0 unspecified atom stereocenters. The van der Waals surface area contributed by atoms with E-state index in [4.69, 9.17) is 0 Å². The Hall–Kier alpha value is -1.25. The van der Waals surface area contributed by atoms with Gasteiger partial charge in [-0.05, 0) is 24.5 Å². The van der Waals surface area contributed by atoms with Crippen LogP contribution in [-0.4, -0.2) is 5.78 Å². The predicted molar refractivity (Wildman–Crippen MR) is 43.7 cm³/mol. The van der Waals surface area contributed by atoms with E-state index in [9.17, 15) is 13.6 Å². The van der Waals surface area contributed by atoms with Gasteiger partial charge in [0.15, 0.2) is 5.78 Å². The van der Waals surface area contributed by atoms with Crippen LogP contribution in [0.4, 0.5) is 8.78 Å². The summed E-state index contributed by atoms with van der Waals surface area (Å²) in [5.74, 6) is -1.37. The van der Waals surface area contributed by atoms with Gasteiger partial charge in [-0.1, -0.05) is 0 Å². The van der Waals surface area contributed by atoms with E-state index in [-0.39, 0.29) is 16.9 Å². The van der Waals surface area contributed by atoms with Gasteiger partial charge in [0.1, 0.15) is 11.6 Å². The first-order valence-corrected chi connectivity index (χ1v) is 4.12. The standard InChI is InChI=1S/C10H8F2O/c1-5-7(11)4-8(12)6-2-3-9(13)10(5)6/h4H,2-3H2,1H3. The Kier molecular flexibility index (Phi) is 1.68. The third-order valence-electron chi connectivity index (χ3n) is 2.46. The van der Waals surface area contributed by atoms with E-state index in [1.165, 1.54) is 6.92 Å². The third kappa shape index (κ3) is 1.07. The minimum Gasteiger partial charge on any atom is -0.294 e. The highest BCUT2D eigenvalue weighted by atomic mass is 19.1. The second kappa shape index (κ2) is 2.62. The number of Topliss-reactive ketones (excluding diaryl/α,β-unsaturated/α-hetero) is 1. The van der Waals surface area contributed by atoms with E-state index in [0.29, 0.717) is 18.4 Å². The molecule has 1 nitrogen and oxygen atoms in total. The average Bonchev–Trinajstić information content (AvgIpc) is 2.44. The Morgan fingerprint density at radius 3 is 2.62 bits per heavy atom. The van der Waals surface area contributed by atoms with Gasteiger partial charge in [-0.3, -0.25) is 4.79 Å². The molecule has 0 aliphatic heterocycles. The number of fused-ring (bicyclic) bond motifs is 1. The molecule has 68 valence electrons. The number of ketones is 1. The van der Waals surface area contributed by atoms with E-state index in [1.807, 2.05) is 0 Å². The molecule has 0 spiro atoms. The molecule has 0 saturated heterocycles. The summed E-state index contributed by atoms with van der Waals surface area (Å²) in [6, 6.07) is 0.854. The third-order valence-corrected chi connectivity index (χ3v) is 2.46. The number of rotatable bonds is 0. The van der Waals surface area contributed by atoms with Gasteiger partial charge in [0.05, 0.1) is 0 Å². The van der Waals surface area contributed by atoms with Gasteiger partial charge < -0.3 is 0 Å². The van der Waals surface area contributed by atoms with Crippen LogP contribution in [0.3, 0.4) is 0 Å². The summed E-state index contributed by atoms with van der Waals surface area (Å²) in [5.41, 5.74) is 0.917. The first-order chi connectivity index (χ1) is 6.11. The van der Waals surface area contributed by atoms with E-state index < -0.39 is 11.6 Å². The fraction of sp³-hybridized carbons (Fsp3) is 0.300. The predicted octanol–water partition coefficient (Wildman–Crippen LogP) is 2.40. The molecule has 2 rings (SSSR count). The van der Waals surface area contributed by atoms with Crippen molar-refractivity contribution in [3.05, 3.63) is 34.4 Å². The SMILES string of the molecule is Cc1c(F)cc(F)c2c1C(=O)CC2. The van der Waals surface area contributed by atoms with E-state index in [0.717, 1.165) is 6.07 Å². The fourth-order valence-corrected chi connectivity index (χ4v) is 1.76. The maximum absolute atomic E-state index is 13.1. The van der Waals surface area contributed by atoms with Crippen LogP contribution in [0.5, 0.6) is 0 Å². The Bertz CT molecular complexity index is 396. The van der Waals surface area contributed by atoms with Crippen molar-refractivity contribution in [1.29, 1.82) is 0 Å². The van der Waals surface area contributed by atoms with E-state index in [1.54, 1.807) is 0 Å². The second-order valence-corrected chi connectivity index (χ2v) is 3.24. The zero-order valence-electron chi connectivity index (χ0n) is 7.16. The molecule has 0 radical (unpaired) electrons. The van der Waals surface area contributed by atoms with Crippen LogP contribution in [0.1, 0.15) is 27.9 Å². The number of hydrogen-bond acceptors (Lipinski definition) is 1. The van der Waals surface area contributed by atoms with Crippen LogP contribution in [-0.2, 0) is 6.42 Å². The van der Waals surface area contributed by atoms with Gasteiger partial charge in [-0.15, -0.1) is 0 Å². The molecular weight excluding hydrogens is 174 g/mol. The molecule has 0 amide bonds. The summed E-state index contributed by atoms with van der Waals surface area (Å²) in [5, 5.41) is 0. The molecular formula is C10H8F2O. The summed E-state index contributed by atoms with van der Waals surface area (Å²) in [4.78, 5) is 11.3. The number of carbonyl (C=O) groups is 1. The minimum absolute atomic E-state index is 0.147. The fourth-order valence-electron chi connectivity index (χ4n) is 1.76. The van der Waals surface area contributed by atoms with Crippen LogP contribution in [0, 0.1) is 18.6 Å². The molecule has 1 aliphatic rings. The average molecular weight is 182 g/mol. The van der Waals surface area contributed by atoms with E-state index in [2.05, 4.69) is 0 Å². The monoisotopic (exact) mass is 182 g/mol. The highest BCUT2D eigenvalue weighted by Crippen LogP contribution is 2.29. The van der Waals surface area contributed by atoms with Crippen LogP contribution in [0.15, 0.2) is 6.07 Å². The largest absolute Gasteiger partial charge is 0.294 e. The molecule has 0 saturated carbocycles. The summed E-state index contributed by atoms with van der Waals surface area (Å²) in [7, 11) is 0. The zero-order valence-corrected chi connectivity index (χ0v) is 7.16. The van der Waals surface area contributed by atoms with Gasteiger partial charge in [-0.25, -0.2) is 8.78 Å². The Morgan fingerprint density at radius 1 is 1.23 bits per heavy atom. The molecule has 0 heterocycles. The number of hydrogen-bond donors (Lipinski definition) is 0. The van der Waals surface area contributed by atoms with E-state index >= 15 is 0 Å². The Labute approximate surface area is 74.4 Å². The number of halogens is 2. The van der Waals surface area contributed by atoms with Crippen LogP contribution in [0.2, 0.25) is 0 Å². The quantitative estimate of drug-likeness (QED) is 0.602. The summed E-state index contributed by atoms with van der Waals surface area (Å²) in [6.45, 7) is 1.51. The molecule has 0 N–H and O–H groups in total. The normalized spacial score (nSPS) is 14.8. The van der Waals surface area contributed by atoms with Crippen LogP contribution in [0.25, 0.3) is 0 Å². The molecule has 3 heteroatoms. The van der Waals surface area contributed by atoms with Gasteiger partial charge in [0.25, 0.3) is 0 Å². The first-order valence-electron chi connectivity index (χ1n) is 4.12. The lowest BCUT2D eigenvalue weighted by atomic mass is 10.0. The highest BCUT2D eigenvalue weighted by Gasteiger charge is 2.26. The molecule has 0 bridgehead atoms.